The molecule has 1 aliphatic heterocycles. The smallest absolute Gasteiger partial charge is 0.253 e. The summed E-state index contributed by atoms with van der Waals surface area (Å²) < 4.78 is 25.6. The van der Waals surface area contributed by atoms with Gasteiger partial charge in [0.1, 0.15) is 0 Å². The molecule has 1 fully saturated rings. The summed E-state index contributed by atoms with van der Waals surface area (Å²) >= 11 is 6.24. The molecule has 0 N–H and O–H groups in total. The van der Waals surface area contributed by atoms with E-state index in [2.05, 4.69) is 20.8 Å². The Hall–Kier alpha value is -1.85. The molecule has 1 aliphatic rings. The van der Waals surface area contributed by atoms with Crippen molar-refractivity contribution in [2.45, 2.75) is 37.9 Å². The zero-order valence-corrected chi connectivity index (χ0v) is 18.1. The van der Waals surface area contributed by atoms with E-state index in [4.69, 9.17) is 11.6 Å². The Balaban J connectivity index is 1.81. The maximum absolute atomic E-state index is 12.9. The van der Waals surface area contributed by atoms with Crippen molar-refractivity contribution in [3.63, 3.8) is 0 Å². The number of hydrogen-bond donors (Lipinski definition) is 0. The summed E-state index contributed by atoms with van der Waals surface area (Å²) in [5.74, 6) is -0.190. The summed E-state index contributed by atoms with van der Waals surface area (Å²) in [5, 5.41) is -0.226. The van der Waals surface area contributed by atoms with Crippen LogP contribution in [-0.2, 0) is 15.3 Å². The first-order valence-electron chi connectivity index (χ1n) is 9.45. The SMILES string of the molecule is CC(C)(C)c1ccc(C(=O)N2CCC(c3ccccc3Cl)S(=O)(=O)CC2)cc1. The van der Waals surface area contributed by atoms with E-state index in [0.29, 0.717) is 29.1 Å². The second-order valence-corrected chi connectivity index (χ2v) is 11.0. The minimum absolute atomic E-state index is 0.0143. The number of amides is 1. The topological polar surface area (TPSA) is 54.5 Å². The number of carbonyl (C=O) groups excluding carboxylic acids is 1. The number of benzene rings is 2. The van der Waals surface area contributed by atoms with E-state index in [9.17, 15) is 13.2 Å². The molecular weight excluding hydrogens is 394 g/mol. The average molecular weight is 420 g/mol. The highest BCUT2D eigenvalue weighted by atomic mass is 35.5. The van der Waals surface area contributed by atoms with E-state index in [0.717, 1.165) is 5.56 Å². The molecule has 3 rings (SSSR count). The quantitative estimate of drug-likeness (QED) is 0.712. The summed E-state index contributed by atoms with van der Waals surface area (Å²) in [7, 11) is -3.39. The Bertz CT molecular complexity index is 962. The second-order valence-electron chi connectivity index (χ2n) is 8.29. The van der Waals surface area contributed by atoms with Crippen LogP contribution in [0.3, 0.4) is 0 Å². The third kappa shape index (κ3) is 4.41. The van der Waals surface area contributed by atoms with Crippen LogP contribution < -0.4 is 0 Å². The number of sulfone groups is 1. The van der Waals surface area contributed by atoms with E-state index >= 15 is 0 Å². The Morgan fingerprint density at radius 1 is 1.04 bits per heavy atom. The summed E-state index contributed by atoms with van der Waals surface area (Å²) in [6.07, 6.45) is 0.345. The van der Waals surface area contributed by atoms with Crippen LogP contribution in [0.1, 0.15) is 53.9 Å². The maximum atomic E-state index is 12.9. The Morgan fingerprint density at radius 2 is 1.68 bits per heavy atom. The van der Waals surface area contributed by atoms with Gasteiger partial charge in [0.15, 0.2) is 9.84 Å². The molecule has 0 aliphatic carbocycles. The molecule has 1 heterocycles. The molecule has 0 aromatic heterocycles. The van der Waals surface area contributed by atoms with Gasteiger partial charge in [0, 0.05) is 23.7 Å². The summed E-state index contributed by atoms with van der Waals surface area (Å²) in [6.45, 7) is 6.95. The maximum Gasteiger partial charge on any atom is 0.253 e. The summed E-state index contributed by atoms with van der Waals surface area (Å²) in [4.78, 5) is 14.6. The highest BCUT2D eigenvalue weighted by Gasteiger charge is 2.34. The van der Waals surface area contributed by atoms with E-state index < -0.39 is 15.1 Å². The van der Waals surface area contributed by atoms with Crippen molar-refractivity contribution in [2.24, 2.45) is 0 Å². The van der Waals surface area contributed by atoms with Crippen molar-refractivity contribution < 1.29 is 13.2 Å². The standard InChI is InChI=1S/C22H26ClNO3S/c1-22(2,3)17-10-8-16(9-11-17)21(25)24-13-12-20(28(26,27)15-14-24)18-6-4-5-7-19(18)23/h4-11,20H,12-15H2,1-3H3. The van der Waals surface area contributed by atoms with Gasteiger partial charge in [0.2, 0.25) is 0 Å². The van der Waals surface area contributed by atoms with Crippen LogP contribution in [0.4, 0.5) is 0 Å². The fourth-order valence-electron chi connectivity index (χ4n) is 3.53. The first kappa shape index (κ1) is 20.9. The predicted molar refractivity (Wildman–Crippen MR) is 114 cm³/mol. The minimum atomic E-state index is -3.39. The van der Waals surface area contributed by atoms with Gasteiger partial charge in [-0.2, -0.15) is 0 Å². The van der Waals surface area contributed by atoms with Crippen molar-refractivity contribution in [2.75, 3.05) is 18.8 Å². The lowest BCUT2D eigenvalue weighted by Gasteiger charge is -2.22. The summed E-state index contributed by atoms with van der Waals surface area (Å²) in [5.41, 5.74) is 2.37. The van der Waals surface area contributed by atoms with Crippen LogP contribution in [0.25, 0.3) is 0 Å². The molecular formula is C22H26ClNO3S. The molecule has 28 heavy (non-hydrogen) atoms. The molecule has 2 aromatic rings. The van der Waals surface area contributed by atoms with Crippen molar-refractivity contribution in [3.05, 3.63) is 70.2 Å². The monoisotopic (exact) mass is 419 g/mol. The molecule has 1 amide bonds. The van der Waals surface area contributed by atoms with Crippen LogP contribution in [0, 0.1) is 0 Å². The molecule has 1 saturated heterocycles. The third-order valence-electron chi connectivity index (χ3n) is 5.28. The predicted octanol–water partition coefficient (Wildman–Crippen LogP) is 4.64. The van der Waals surface area contributed by atoms with Gasteiger partial charge in [0.05, 0.1) is 11.0 Å². The van der Waals surface area contributed by atoms with Crippen molar-refractivity contribution in [1.29, 1.82) is 0 Å². The molecule has 150 valence electrons. The van der Waals surface area contributed by atoms with Gasteiger partial charge in [-0.1, -0.05) is 62.7 Å². The van der Waals surface area contributed by atoms with Crippen LogP contribution in [0.5, 0.6) is 0 Å². The Morgan fingerprint density at radius 3 is 2.29 bits per heavy atom. The first-order valence-corrected chi connectivity index (χ1v) is 11.5. The van der Waals surface area contributed by atoms with Gasteiger partial charge < -0.3 is 4.90 Å². The number of rotatable bonds is 2. The van der Waals surface area contributed by atoms with Gasteiger partial charge in [-0.25, -0.2) is 8.42 Å². The molecule has 2 aromatic carbocycles. The molecule has 4 nitrogen and oxygen atoms in total. The van der Waals surface area contributed by atoms with E-state index in [1.807, 2.05) is 24.3 Å². The van der Waals surface area contributed by atoms with E-state index in [1.165, 1.54) is 0 Å². The molecule has 0 radical (unpaired) electrons. The Labute approximate surface area is 172 Å². The number of carbonyl (C=O) groups is 1. The lowest BCUT2D eigenvalue weighted by molar-refractivity contribution is 0.0766. The lowest BCUT2D eigenvalue weighted by Crippen LogP contribution is -2.33. The molecule has 0 saturated carbocycles. The van der Waals surface area contributed by atoms with Crippen LogP contribution in [0.2, 0.25) is 5.02 Å². The van der Waals surface area contributed by atoms with Crippen LogP contribution in [-0.4, -0.2) is 38.1 Å². The fraction of sp³-hybridized carbons (Fsp3) is 0.409. The first-order chi connectivity index (χ1) is 13.1. The van der Waals surface area contributed by atoms with Crippen molar-refractivity contribution in [1.82, 2.24) is 4.90 Å². The second kappa shape index (κ2) is 7.88. The number of hydrogen-bond acceptors (Lipinski definition) is 3. The third-order valence-corrected chi connectivity index (χ3v) is 7.73. The number of nitrogens with zero attached hydrogens (tertiary/aromatic N) is 1. The molecule has 1 atom stereocenters. The molecule has 0 bridgehead atoms. The van der Waals surface area contributed by atoms with Gasteiger partial charge in [-0.15, -0.1) is 0 Å². The van der Waals surface area contributed by atoms with E-state index in [1.54, 1.807) is 29.2 Å². The average Bonchev–Trinajstić information content (AvgIpc) is 2.79. The largest absolute Gasteiger partial charge is 0.338 e. The fourth-order valence-corrected chi connectivity index (χ4v) is 5.68. The van der Waals surface area contributed by atoms with Gasteiger partial charge in [-0.3, -0.25) is 4.79 Å². The summed E-state index contributed by atoms with van der Waals surface area (Å²) in [6, 6.07) is 14.6. The minimum Gasteiger partial charge on any atom is -0.338 e. The number of halogens is 1. The normalized spacial score (nSPS) is 19.9. The van der Waals surface area contributed by atoms with Crippen LogP contribution in [0.15, 0.2) is 48.5 Å². The molecule has 0 spiro atoms. The van der Waals surface area contributed by atoms with Gasteiger partial charge in [-0.05, 0) is 41.2 Å². The zero-order valence-electron chi connectivity index (χ0n) is 16.5. The molecule has 1 unspecified atom stereocenters. The van der Waals surface area contributed by atoms with Crippen LogP contribution >= 0.6 is 11.6 Å². The van der Waals surface area contributed by atoms with E-state index in [-0.39, 0.29) is 23.6 Å². The molecule has 6 heteroatoms. The highest BCUT2D eigenvalue weighted by molar-refractivity contribution is 7.91. The van der Waals surface area contributed by atoms with Crippen molar-refractivity contribution >= 4 is 27.3 Å². The highest BCUT2D eigenvalue weighted by Crippen LogP contribution is 2.34. The van der Waals surface area contributed by atoms with Gasteiger partial charge >= 0.3 is 0 Å². The lowest BCUT2D eigenvalue weighted by atomic mass is 9.86. The Kier molecular flexibility index (Phi) is 5.87. The van der Waals surface area contributed by atoms with Crippen molar-refractivity contribution in [3.8, 4) is 0 Å². The zero-order chi connectivity index (χ0) is 20.5. The van der Waals surface area contributed by atoms with Gasteiger partial charge in [0.25, 0.3) is 5.91 Å².